The number of benzene rings is 1. The van der Waals surface area contributed by atoms with E-state index < -0.39 is 0 Å². The maximum Gasteiger partial charge on any atom is 0.129 e. The Labute approximate surface area is 129 Å². The first-order valence-electron chi connectivity index (χ1n) is 6.99. The molecule has 1 heterocycles. The molecule has 112 valence electrons. The summed E-state index contributed by atoms with van der Waals surface area (Å²) in [4.78, 5) is 0. The molecule has 0 saturated carbocycles. The Hall–Kier alpha value is -0.450. The number of hydrogen-bond donors (Lipinski definition) is 1. The summed E-state index contributed by atoms with van der Waals surface area (Å²) in [5, 5.41) is 3.29. The van der Waals surface area contributed by atoms with Gasteiger partial charge in [-0.3, -0.25) is 0 Å². The highest BCUT2D eigenvalue weighted by Crippen LogP contribution is 2.48. The lowest BCUT2D eigenvalue weighted by atomic mass is 9.79. The molecule has 1 aromatic carbocycles. The monoisotopic (exact) mass is 343 g/mol. The van der Waals surface area contributed by atoms with Gasteiger partial charge in [-0.25, -0.2) is 4.39 Å². The highest BCUT2D eigenvalue weighted by atomic mass is 79.9. The lowest BCUT2D eigenvalue weighted by Crippen LogP contribution is -2.37. The third-order valence-electron chi connectivity index (χ3n) is 4.17. The van der Waals surface area contributed by atoms with Crippen LogP contribution in [0.2, 0.25) is 0 Å². The molecule has 1 saturated heterocycles. The predicted molar refractivity (Wildman–Crippen MR) is 83.3 cm³/mol. The van der Waals surface area contributed by atoms with Gasteiger partial charge in [0.2, 0.25) is 0 Å². The topological polar surface area (TPSA) is 21.3 Å². The Bertz CT molecular complexity index is 481. The third-order valence-corrected chi connectivity index (χ3v) is 4.86. The van der Waals surface area contributed by atoms with E-state index in [1.807, 2.05) is 13.1 Å². The van der Waals surface area contributed by atoms with Crippen molar-refractivity contribution in [2.45, 2.75) is 51.4 Å². The van der Waals surface area contributed by atoms with Crippen LogP contribution in [0.3, 0.4) is 0 Å². The number of nitrogens with one attached hydrogen (secondary N) is 1. The molecule has 0 radical (unpaired) electrons. The van der Waals surface area contributed by atoms with Crippen molar-refractivity contribution in [1.82, 2.24) is 5.32 Å². The maximum absolute atomic E-state index is 14.3. The first kappa shape index (κ1) is 15.9. The molecule has 0 bridgehead atoms. The Kier molecular flexibility index (Phi) is 4.30. The van der Waals surface area contributed by atoms with Gasteiger partial charge >= 0.3 is 0 Å². The third kappa shape index (κ3) is 2.92. The number of hydrogen-bond acceptors (Lipinski definition) is 2. The standard InChI is InChI=1S/C16H23BrFNO/c1-15(2)9-10(16(3,4)20-15)14(19-5)13-11(17)7-6-8-12(13)18/h6-8,10,14,19H,9H2,1-5H3. The minimum Gasteiger partial charge on any atom is -0.369 e. The van der Waals surface area contributed by atoms with Gasteiger partial charge in [0.05, 0.1) is 11.2 Å². The lowest BCUT2D eigenvalue weighted by molar-refractivity contribution is -0.0777. The van der Waals surface area contributed by atoms with Crippen LogP contribution < -0.4 is 5.32 Å². The van der Waals surface area contributed by atoms with Gasteiger partial charge in [-0.2, -0.15) is 0 Å². The van der Waals surface area contributed by atoms with Crippen molar-refractivity contribution in [1.29, 1.82) is 0 Å². The molecule has 2 nitrogen and oxygen atoms in total. The normalized spacial score (nSPS) is 25.6. The van der Waals surface area contributed by atoms with Crippen molar-refractivity contribution in [3.05, 3.63) is 34.1 Å². The van der Waals surface area contributed by atoms with E-state index >= 15 is 0 Å². The molecular weight excluding hydrogens is 321 g/mol. The molecule has 0 spiro atoms. The summed E-state index contributed by atoms with van der Waals surface area (Å²) in [7, 11) is 1.88. The molecule has 0 aliphatic carbocycles. The Morgan fingerprint density at radius 3 is 2.45 bits per heavy atom. The van der Waals surface area contributed by atoms with Crippen molar-refractivity contribution in [3.63, 3.8) is 0 Å². The molecule has 0 aromatic heterocycles. The van der Waals surface area contributed by atoms with Crippen LogP contribution in [0, 0.1) is 11.7 Å². The van der Waals surface area contributed by atoms with E-state index in [4.69, 9.17) is 4.74 Å². The zero-order valence-electron chi connectivity index (χ0n) is 12.8. The Morgan fingerprint density at radius 1 is 1.35 bits per heavy atom. The Morgan fingerprint density at radius 2 is 2.00 bits per heavy atom. The summed E-state index contributed by atoms with van der Waals surface area (Å²) < 4.78 is 21.2. The molecule has 1 N–H and O–H groups in total. The van der Waals surface area contributed by atoms with Crippen LogP contribution in [-0.2, 0) is 4.74 Å². The second kappa shape index (κ2) is 5.39. The molecule has 1 fully saturated rings. The summed E-state index contributed by atoms with van der Waals surface area (Å²) >= 11 is 3.48. The van der Waals surface area contributed by atoms with Gasteiger partial charge in [0.25, 0.3) is 0 Å². The fourth-order valence-electron chi connectivity index (χ4n) is 3.48. The number of rotatable bonds is 3. The quantitative estimate of drug-likeness (QED) is 0.875. The highest BCUT2D eigenvalue weighted by Gasteiger charge is 2.49. The first-order valence-corrected chi connectivity index (χ1v) is 7.78. The van der Waals surface area contributed by atoms with Gasteiger partial charge in [0.15, 0.2) is 0 Å². The lowest BCUT2D eigenvalue weighted by Gasteiger charge is -2.33. The minimum atomic E-state index is -0.293. The minimum absolute atomic E-state index is 0.0812. The zero-order chi connectivity index (χ0) is 15.1. The van der Waals surface area contributed by atoms with E-state index in [1.54, 1.807) is 6.07 Å². The van der Waals surface area contributed by atoms with Gasteiger partial charge in [-0.1, -0.05) is 22.0 Å². The number of halogens is 2. The smallest absolute Gasteiger partial charge is 0.129 e. The van der Waals surface area contributed by atoms with E-state index in [2.05, 4.69) is 48.9 Å². The van der Waals surface area contributed by atoms with E-state index in [0.717, 1.165) is 10.9 Å². The first-order chi connectivity index (χ1) is 9.18. The van der Waals surface area contributed by atoms with E-state index in [-0.39, 0.29) is 29.0 Å². The van der Waals surface area contributed by atoms with E-state index in [9.17, 15) is 4.39 Å². The van der Waals surface area contributed by atoms with Gasteiger partial charge in [-0.15, -0.1) is 0 Å². The van der Waals surface area contributed by atoms with Gasteiger partial charge in [0, 0.05) is 22.0 Å². The summed E-state index contributed by atoms with van der Waals surface area (Å²) in [6, 6.07) is 5.03. The summed E-state index contributed by atoms with van der Waals surface area (Å²) in [5.41, 5.74) is 0.217. The molecule has 2 rings (SSSR count). The van der Waals surface area contributed by atoms with Crippen molar-refractivity contribution >= 4 is 15.9 Å². The van der Waals surface area contributed by atoms with Crippen molar-refractivity contribution in [2.24, 2.45) is 5.92 Å². The van der Waals surface area contributed by atoms with Crippen LogP contribution >= 0.6 is 15.9 Å². The molecule has 1 aromatic rings. The fourth-order valence-corrected chi connectivity index (χ4v) is 4.07. The van der Waals surface area contributed by atoms with Gasteiger partial charge < -0.3 is 10.1 Å². The predicted octanol–water partition coefficient (Wildman–Crippen LogP) is 4.44. The van der Waals surface area contributed by atoms with Crippen LogP contribution in [-0.4, -0.2) is 18.2 Å². The van der Waals surface area contributed by atoms with Crippen molar-refractivity contribution < 1.29 is 9.13 Å². The second-order valence-corrected chi connectivity index (χ2v) is 7.53. The Balaban J connectivity index is 2.43. The van der Waals surface area contributed by atoms with E-state index in [0.29, 0.717) is 5.56 Å². The van der Waals surface area contributed by atoms with Crippen molar-refractivity contribution in [2.75, 3.05) is 7.05 Å². The van der Waals surface area contributed by atoms with Gasteiger partial charge in [-0.05, 0) is 53.3 Å². The van der Waals surface area contributed by atoms with Crippen molar-refractivity contribution in [3.8, 4) is 0 Å². The molecular formula is C16H23BrFNO. The molecule has 2 atom stereocenters. The average molecular weight is 344 g/mol. The van der Waals surface area contributed by atoms with Gasteiger partial charge in [0.1, 0.15) is 5.82 Å². The average Bonchev–Trinajstić information content (AvgIpc) is 2.52. The van der Waals surface area contributed by atoms with Crippen LogP contribution in [0.5, 0.6) is 0 Å². The molecule has 20 heavy (non-hydrogen) atoms. The maximum atomic E-state index is 14.3. The van der Waals surface area contributed by atoms with Crippen LogP contribution in [0.4, 0.5) is 4.39 Å². The highest BCUT2D eigenvalue weighted by molar-refractivity contribution is 9.10. The zero-order valence-corrected chi connectivity index (χ0v) is 14.3. The number of ether oxygens (including phenoxy) is 1. The van der Waals surface area contributed by atoms with Crippen LogP contribution in [0.1, 0.15) is 45.7 Å². The molecule has 2 unspecified atom stereocenters. The van der Waals surface area contributed by atoms with E-state index in [1.165, 1.54) is 6.07 Å². The summed E-state index contributed by atoms with van der Waals surface area (Å²) in [5.74, 6) is 0.0231. The fraction of sp³-hybridized carbons (Fsp3) is 0.625. The van der Waals surface area contributed by atoms with Crippen LogP contribution in [0.25, 0.3) is 0 Å². The van der Waals surface area contributed by atoms with Crippen LogP contribution in [0.15, 0.2) is 22.7 Å². The molecule has 1 aliphatic rings. The largest absolute Gasteiger partial charge is 0.369 e. The molecule has 1 aliphatic heterocycles. The summed E-state index contributed by atoms with van der Waals surface area (Å²) in [6.07, 6.45) is 0.895. The SMILES string of the molecule is CNC(c1c(F)cccc1Br)C1CC(C)(C)OC1(C)C. The molecule has 0 amide bonds. The molecule has 4 heteroatoms. The second-order valence-electron chi connectivity index (χ2n) is 6.68. The summed E-state index contributed by atoms with van der Waals surface area (Å²) in [6.45, 7) is 8.37.